The Morgan fingerprint density at radius 2 is 2.00 bits per heavy atom. The third kappa shape index (κ3) is 1.22. The van der Waals surface area contributed by atoms with Crippen molar-refractivity contribution in [1.29, 1.82) is 0 Å². The average molecular weight is 170 g/mol. The van der Waals surface area contributed by atoms with E-state index in [-0.39, 0.29) is 10.5 Å². The maximum Gasteiger partial charge on any atom is 0.293 e. The van der Waals surface area contributed by atoms with E-state index in [4.69, 9.17) is 15.4 Å². The van der Waals surface area contributed by atoms with Crippen LogP contribution in [0.2, 0.25) is 0 Å². The van der Waals surface area contributed by atoms with Crippen LogP contribution in [-0.2, 0) is 0 Å². The van der Waals surface area contributed by atoms with Gasteiger partial charge in [-0.05, 0) is 10.9 Å². The van der Waals surface area contributed by atoms with Crippen molar-refractivity contribution in [2.75, 3.05) is 0 Å². The Balaban J connectivity index is 3.26. The van der Waals surface area contributed by atoms with Gasteiger partial charge in [-0.1, -0.05) is 6.07 Å². The van der Waals surface area contributed by atoms with E-state index in [0.29, 0.717) is 0 Å². The number of aromatic hydroxyl groups is 2. The maximum absolute atomic E-state index is 10.6. The third-order valence-electron chi connectivity index (χ3n) is 1.28. The molecule has 0 heterocycles. The molecule has 0 aliphatic carbocycles. The fourth-order valence-electron chi connectivity index (χ4n) is 0.722. The highest BCUT2D eigenvalue weighted by Gasteiger charge is 2.14. The van der Waals surface area contributed by atoms with E-state index in [2.05, 4.69) is 5.28 Å². The summed E-state index contributed by atoms with van der Waals surface area (Å²) in [6, 6.07) is 3.73. The van der Waals surface area contributed by atoms with Crippen molar-refractivity contribution >= 4 is 5.69 Å². The molecule has 6 heteroatoms. The molecular formula is C6H6N2O4. The van der Waals surface area contributed by atoms with E-state index in [1.165, 1.54) is 18.2 Å². The van der Waals surface area contributed by atoms with Gasteiger partial charge in [0.2, 0.25) is 11.0 Å². The normalized spacial score (nSPS) is 11.5. The summed E-state index contributed by atoms with van der Waals surface area (Å²) in [7, 11) is 0. The summed E-state index contributed by atoms with van der Waals surface area (Å²) in [5, 5.41) is 38.9. The van der Waals surface area contributed by atoms with Crippen LogP contribution in [0.5, 0.6) is 11.5 Å². The molecule has 0 amide bonds. The van der Waals surface area contributed by atoms with Crippen LogP contribution in [0, 0.1) is 5.21 Å². The maximum atomic E-state index is 10.6. The Kier molecular flexibility index (Phi) is 2.00. The molecule has 0 aliphatic heterocycles. The van der Waals surface area contributed by atoms with Gasteiger partial charge in [0.05, 0.1) is 0 Å². The highest BCUT2D eigenvalue weighted by molar-refractivity contribution is 5.53. The molecule has 1 aromatic rings. The molecule has 64 valence electrons. The van der Waals surface area contributed by atoms with Crippen molar-refractivity contribution in [2.24, 2.45) is 5.28 Å². The number of hydrogen-bond donors (Lipinski definition) is 3. The molecule has 3 N–H and O–H groups in total. The van der Waals surface area contributed by atoms with Gasteiger partial charge in [0.1, 0.15) is 0 Å². The fourth-order valence-corrected chi connectivity index (χ4v) is 0.722. The Bertz CT molecular complexity index is 323. The number of phenolic OH excluding ortho intramolecular Hbond substituents is 2. The second kappa shape index (κ2) is 2.95. The predicted molar refractivity (Wildman–Crippen MR) is 37.3 cm³/mol. The number of rotatable bonds is 1. The quantitative estimate of drug-likeness (QED) is 0.254. The monoisotopic (exact) mass is 170 g/mol. The molecule has 1 rings (SSSR count). The molecule has 0 spiro atoms. The SMILES string of the molecule is [O-]/[N+](=N\O)c1cccc(O)c1O. The van der Waals surface area contributed by atoms with Crippen LogP contribution < -0.4 is 0 Å². The first-order chi connectivity index (χ1) is 5.66. The zero-order chi connectivity index (χ0) is 9.14. The largest absolute Gasteiger partial charge is 0.591 e. The van der Waals surface area contributed by atoms with E-state index in [0.717, 1.165) is 0 Å². The first kappa shape index (κ1) is 8.12. The molecule has 0 radical (unpaired) electrons. The van der Waals surface area contributed by atoms with Crippen LogP contribution in [0.15, 0.2) is 23.5 Å². The zero-order valence-corrected chi connectivity index (χ0v) is 5.88. The molecule has 0 aliphatic rings. The molecule has 6 nitrogen and oxygen atoms in total. The van der Waals surface area contributed by atoms with Crippen LogP contribution in [0.25, 0.3) is 0 Å². The van der Waals surface area contributed by atoms with Gasteiger partial charge >= 0.3 is 0 Å². The number of para-hydroxylation sites is 1. The van der Waals surface area contributed by atoms with Crippen LogP contribution in [0.4, 0.5) is 5.69 Å². The Morgan fingerprint density at radius 1 is 1.33 bits per heavy atom. The molecule has 0 saturated heterocycles. The molecule has 0 unspecified atom stereocenters. The summed E-state index contributed by atoms with van der Waals surface area (Å²) in [6.45, 7) is 0. The van der Waals surface area contributed by atoms with Crippen LogP contribution in [-0.4, -0.2) is 20.3 Å². The minimum Gasteiger partial charge on any atom is -0.591 e. The Hall–Kier alpha value is -1.98. The van der Waals surface area contributed by atoms with Crippen LogP contribution >= 0.6 is 0 Å². The highest BCUT2D eigenvalue weighted by Crippen LogP contribution is 2.33. The van der Waals surface area contributed by atoms with Gasteiger partial charge in [0.25, 0.3) is 5.69 Å². The lowest BCUT2D eigenvalue weighted by atomic mass is 10.3. The summed E-state index contributed by atoms with van der Waals surface area (Å²) < 4.78 is 0. The molecule has 0 aromatic heterocycles. The number of nitrogens with zero attached hydrogens (tertiary/aromatic N) is 2. The second-order valence-electron chi connectivity index (χ2n) is 2.01. The van der Waals surface area contributed by atoms with Gasteiger partial charge in [0, 0.05) is 6.07 Å². The number of hydrogen-bond acceptors (Lipinski definition) is 4. The number of phenols is 2. The first-order valence-electron chi connectivity index (χ1n) is 3.00. The predicted octanol–water partition coefficient (Wildman–Crippen LogP) is 1.08. The van der Waals surface area contributed by atoms with E-state index in [1.807, 2.05) is 0 Å². The standard InChI is InChI=1S/C6H6N2O4/c9-5-3-1-2-4(6(5)10)8(12)7-11/h1-3,9-11H/b8-7-. The van der Waals surface area contributed by atoms with E-state index in [9.17, 15) is 5.21 Å². The van der Waals surface area contributed by atoms with Crippen molar-refractivity contribution in [2.45, 2.75) is 0 Å². The topological polar surface area (TPSA) is 99.1 Å². The van der Waals surface area contributed by atoms with E-state index >= 15 is 0 Å². The molecule has 0 fully saturated rings. The molecular weight excluding hydrogens is 164 g/mol. The molecule has 0 atom stereocenters. The van der Waals surface area contributed by atoms with E-state index < -0.39 is 11.5 Å². The van der Waals surface area contributed by atoms with E-state index in [1.54, 1.807) is 0 Å². The van der Waals surface area contributed by atoms with Crippen molar-refractivity contribution < 1.29 is 20.3 Å². The van der Waals surface area contributed by atoms with Crippen molar-refractivity contribution in [1.82, 2.24) is 0 Å². The molecule has 0 saturated carbocycles. The average Bonchev–Trinajstić information content (AvgIpc) is 2.08. The molecule has 0 bridgehead atoms. The Morgan fingerprint density at radius 3 is 2.58 bits per heavy atom. The van der Waals surface area contributed by atoms with Gasteiger partial charge in [-0.3, -0.25) is 0 Å². The molecule has 1 aromatic carbocycles. The molecule has 12 heavy (non-hydrogen) atoms. The van der Waals surface area contributed by atoms with Crippen LogP contribution in [0.1, 0.15) is 0 Å². The van der Waals surface area contributed by atoms with Gasteiger partial charge in [0.15, 0.2) is 5.75 Å². The van der Waals surface area contributed by atoms with Crippen molar-refractivity contribution in [3.05, 3.63) is 23.4 Å². The first-order valence-corrected chi connectivity index (χ1v) is 3.00. The highest BCUT2D eigenvalue weighted by atomic mass is 16.6. The fraction of sp³-hybridized carbons (Fsp3) is 0. The summed E-state index contributed by atoms with van der Waals surface area (Å²) in [5.74, 6) is -1.07. The van der Waals surface area contributed by atoms with Crippen molar-refractivity contribution in [3.63, 3.8) is 0 Å². The van der Waals surface area contributed by atoms with Gasteiger partial charge in [-0.2, -0.15) is 0 Å². The summed E-state index contributed by atoms with van der Waals surface area (Å²) in [5.41, 5.74) is -0.322. The second-order valence-corrected chi connectivity index (χ2v) is 2.01. The lowest BCUT2D eigenvalue weighted by Crippen LogP contribution is -1.90. The Labute approximate surface area is 67.2 Å². The smallest absolute Gasteiger partial charge is 0.293 e. The number of benzene rings is 1. The summed E-state index contributed by atoms with van der Waals surface area (Å²) >= 11 is 0. The van der Waals surface area contributed by atoms with Gasteiger partial charge in [-0.15, -0.1) is 0 Å². The van der Waals surface area contributed by atoms with Crippen LogP contribution in [0.3, 0.4) is 0 Å². The summed E-state index contributed by atoms with van der Waals surface area (Å²) in [6.07, 6.45) is 0. The van der Waals surface area contributed by atoms with Crippen molar-refractivity contribution in [3.8, 4) is 11.5 Å². The van der Waals surface area contributed by atoms with Gasteiger partial charge < -0.3 is 20.6 Å². The minimum absolute atomic E-state index is 0.213. The minimum atomic E-state index is -0.620. The summed E-state index contributed by atoms with van der Waals surface area (Å²) in [4.78, 5) is -0.213. The lowest BCUT2D eigenvalue weighted by Gasteiger charge is -2.00. The van der Waals surface area contributed by atoms with Gasteiger partial charge in [-0.25, -0.2) is 0 Å². The lowest BCUT2D eigenvalue weighted by molar-refractivity contribution is -0.474. The zero-order valence-electron chi connectivity index (χ0n) is 5.88. The third-order valence-corrected chi connectivity index (χ3v) is 1.28.